The maximum atomic E-state index is 5.87. The molecule has 2 heterocycles. The van der Waals surface area contributed by atoms with Crippen LogP contribution in [0.2, 0.25) is 4.47 Å². The van der Waals surface area contributed by atoms with Gasteiger partial charge in [0.1, 0.15) is 0 Å². The van der Waals surface area contributed by atoms with E-state index in [1.807, 2.05) is 6.20 Å². The molecule has 16 heavy (non-hydrogen) atoms. The first-order valence-electron chi connectivity index (χ1n) is 5.45. The second-order valence-electron chi connectivity index (χ2n) is 4.94. The number of hydrogen-bond donors (Lipinski definition) is 0. The zero-order valence-electron chi connectivity index (χ0n) is 9.86. The Kier molecular flexibility index (Phi) is 3.54. The third kappa shape index (κ3) is 3.17. The average molecular weight is 261 g/mol. The molecule has 0 amide bonds. The SMILES string of the molecule is CC1CN(Cc2cnc(Cl)s2)CC(C)(C)O1. The predicted molar refractivity (Wildman–Crippen MR) is 67.0 cm³/mol. The number of aromatic nitrogens is 1. The monoisotopic (exact) mass is 260 g/mol. The summed E-state index contributed by atoms with van der Waals surface area (Å²) < 4.78 is 6.49. The minimum absolute atomic E-state index is 0.0633. The van der Waals surface area contributed by atoms with Crippen LogP contribution in [0.1, 0.15) is 25.6 Å². The van der Waals surface area contributed by atoms with Gasteiger partial charge in [-0.15, -0.1) is 11.3 Å². The number of rotatable bonds is 2. The van der Waals surface area contributed by atoms with Gasteiger partial charge in [-0.2, -0.15) is 0 Å². The lowest BCUT2D eigenvalue weighted by Crippen LogP contribution is -2.51. The first-order chi connectivity index (χ1) is 7.44. The molecule has 5 heteroatoms. The molecule has 0 aliphatic carbocycles. The molecule has 3 nitrogen and oxygen atoms in total. The van der Waals surface area contributed by atoms with Crippen molar-refractivity contribution in [3.05, 3.63) is 15.5 Å². The summed E-state index contributed by atoms with van der Waals surface area (Å²) in [5, 5.41) is 0. The molecule has 1 aliphatic heterocycles. The fraction of sp³-hybridized carbons (Fsp3) is 0.727. The van der Waals surface area contributed by atoms with Gasteiger partial charge >= 0.3 is 0 Å². The smallest absolute Gasteiger partial charge is 0.183 e. The van der Waals surface area contributed by atoms with E-state index in [2.05, 4.69) is 30.7 Å². The second kappa shape index (κ2) is 4.61. The Morgan fingerprint density at radius 2 is 2.44 bits per heavy atom. The highest BCUT2D eigenvalue weighted by atomic mass is 35.5. The Morgan fingerprint density at radius 3 is 3.00 bits per heavy atom. The van der Waals surface area contributed by atoms with Gasteiger partial charge in [-0.1, -0.05) is 11.6 Å². The molecule has 1 aromatic heterocycles. The highest BCUT2D eigenvalue weighted by Crippen LogP contribution is 2.24. The maximum absolute atomic E-state index is 5.87. The van der Waals surface area contributed by atoms with Crippen LogP contribution in [0.3, 0.4) is 0 Å². The van der Waals surface area contributed by atoms with Crippen molar-refractivity contribution >= 4 is 22.9 Å². The molecule has 1 unspecified atom stereocenters. The molecule has 0 aromatic carbocycles. The van der Waals surface area contributed by atoms with Crippen LogP contribution in [-0.2, 0) is 11.3 Å². The summed E-state index contributed by atoms with van der Waals surface area (Å²) in [5.74, 6) is 0. The molecule has 1 fully saturated rings. The van der Waals surface area contributed by atoms with E-state index in [1.165, 1.54) is 4.88 Å². The number of hydrogen-bond acceptors (Lipinski definition) is 4. The summed E-state index contributed by atoms with van der Waals surface area (Å²) in [5.41, 5.74) is -0.0633. The van der Waals surface area contributed by atoms with Gasteiger partial charge in [0.2, 0.25) is 0 Å². The van der Waals surface area contributed by atoms with Crippen LogP contribution in [0.25, 0.3) is 0 Å². The molecule has 0 bridgehead atoms. The molecule has 1 atom stereocenters. The molecular weight excluding hydrogens is 244 g/mol. The van der Waals surface area contributed by atoms with Gasteiger partial charge < -0.3 is 4.74 Å². The van der Waals surface area contributed by atoms with Crippen molar-refractivity contribution in [3.63, 3.8) is 0 Å². The number of morpholine rings is 1. The van der Waals surface area contributed by atoms with Crippen LogP contribution in [0.4, 0.5) is 0 Å². The third-order valence-electron chi connectivity index (χ3n) is 2.54. The number of halogens is 1. The quantitative estimate of drug-likeness (QED) is 0.818. The highest BCUT2D eigenvalue weighted by molar-refractivity contribution is 7.15. The summed E-state index contributed by atoms with van der Waals surface area (Å²) in [4.78, 5) is 7.68. The first-order valence-corrected chi connectivity index (χ1v) is 6.64. The average Bonchev–Trinajstić information content (AvgIpc) is 2.46. The first kappa shape index (κ1) is 12.3. The van der Waals surface area contributed by atoms with Crippen LogP contribution in [0.5, 0.6) is 0 Å². The van der Waals surface area contributed by atoms with E-state index in [1.54, 1.807) is 11.3 Å². The minimum Gasteiger partial charge on any atom is -0.370 e. The predicted octanol–water partition coefficient (Wildman–Crippen LogP) is 2.80. The summed E-state index contributed by atoms with van der Waals surface area (Å²) in [6.07, 6.45) is 2.15. The molecule has 1 aliphatic rings. The molecule has 0 spiro atoms. The van der Waals surface area contributed by atoms with E-state index in [9.17, 15) is 0 Å². The molecule has 1 aromatic rings. The van der Waals surface area contributed by atoms with Gasteiger partial charge in [0.25, 0.3) is 0 Å². The summed E-state index contributed by atoms with van der Waals surface area (Å²) >= 11 is 7.38. The standard InChI is InChI=1S/C11H17ClN2OS/c1-8-5-14(7-11(2,3)15-8)6-9-4-13-10(12)16-9/h4,8H,5-7H2,1-3H3. The van der Waals surface area contributed by atoms with Gasteiger partial charge in [-0.3, -0.25) is 4.90 Å². The van der Waals surface area contributed by atoms with E-state index in [-0.39, 0.29) is 11.7 Å². The van der Waals surface area contributed by atoms with Gasteiger partial charge in [0, 0.05) is 30.7 Å². The summed E-state index contributed by atoms with van der Waals surface area (Å²) in [7, 11) is 0. The number of thiazole rings is 1. The van der Waals surface area contributed by atoms with Gasteiger partial charge in [-0.05, 0) is 20.8 Å². The number of nitrogens with zero attached hydrogens (tertiary/aromatic N) is 2. The summed E-state index contributed by atoms with van der Waals surface area (Å²) in [6, 6.07) is 0. The van der Waals surface area contributed by atoms with Crippen molar-refractivity contribution in [1.29, 1.82) is 0 Å². The minimum atomic E-state index is -0.0633. The molecule has 0 N–H and O–H groups in total. The highest BCUT2D eigenvalue weighted by Gasteiger charge is 2.31. The molecule has 2 rings (SSSR count). The van der Waals surface area contributed by atoms with E-state index < -0.39 is 0 Å². The Bertz CT molecular complexity index is 367. The van der Waals surface area contributed by atoms with Crippen LogP contribution >= 0.6 is 22.9 Å². The van der Waals surface area contributed by atoms with E-state index in [0.29, 0.717) is 4.47 Å². The Balaban J connectivity index is 1.99. The Morgan fingerprint density at radius 1 is 1.69 bits per heavy atom. The zero-order valence-corrected chi connectivity index (χ0v) is 11.4. The lowest BCUT2D eigenvalue weighted by Gasteiger charge is -2.41. The van der Waals surface area contributed by atoms with Crippen LogP contribution < -0.4 is 0 Å². The van der Waals surface area contributed by atoms with E-state index >= 15 is 0 Å². The van der Waals surface area contributed by atoms with Crippen LogP contribution in [-0.4, -0.2) is 34.7 Å². The Labute approximate surface area is 105 Å². The maximum Gasteiger partial charge on any atom is 0.183 e. The van der Waals surface area contributed by atoms with Crippen molar-refractivity contribution in [2.45, 2.75) is 39.0 Å². The second-order valence-corrected chi connectivity index (χ2v) is 6.63. The summed E-state index contributed by atoms with van der Waals surface area (Å²) in [6.45, 7) is 9.23. The fourth-order valence-electron chi connectivity index (χ4n) is 2.28. The van der Waals surface area contributed by atoms with Gasteiger partial charge in [0.15, 0.2) is 4.47 Å². The normalized spacial score (nSPS) is 25.9. The fourth-order valence-corrected chi connectivity index (χ4v) is 3.30. The molecule has 0 saturated carbocycles. The zero-order chi connectivity index (χ0) is 11.8. The van der Waals surface area contributed by atoms with Crippen molar-refractivity contribution in [2.24, 2.45) is 0 Å². The largest absolute Gasteiger partial charge is 0.370 e. The molecular formula is C11H17ClN2OS. The molecule has 0 radical (unpaired) electrons. The molecule has 1 saturated heterocycles. The van der Waals surface area contributed by atoms with Crippen molar-refractivity contribution in [2.75, 3.05) is 13.1 Å². The van der Waals surface area contributed by atoms with Crippen molar-refractivity contribution in [3.8, 4) is 0 Å². The van der Waals surface area contributed by atoms with Crippen LogP contribution in [0.15, 0.2) is 6.20 Å². The lowest BCUT2D eigenvalue weighted by atomic mass is 10.1. The topological polar surface area (TPSA) is 25.4 Å². The number of ether oxygens (including phenoxy) is 1. The Hall–Kier alpha value is -0.160. The third-order valence-corrected chi connectivity index (χ3v) is 3.64. The van der Waals surface area contributed by atoms with Crippen LogP contribution in [0, 0.1) is 0 Å². The van der Waals surface area contributed by atoms with E-state index in [4.69, 9.17) is 16.3 Å². The van der Waals surface area contributed by atoms with Crippen molar-refractivity contribution < 1.29 is 4.74 Å². The van der Waals surface area contributed by atoms with Gasteiger partial charge in [-0.25, -0.2) is 4.98 Å². The molecule has 90 valence electrons. The van der Waals surface area contributed by atoms with Crippen molar-refractivity contribution in [1.82, 2.24) is 9.88 Å². The van der Waals surface area contributed by atoms with E-state index in [0.717, 1.165) is 19.6 Å². The van der Waals surface area contributed by atoms with Gasteiger partial charge in [0.05, 0.1) is 11.7 Å². The lowest BCUT2D eigenvalue weighted by molar-refractivity contribution is -0.130.